The number of aromatic nitrogens is 3. The number of benzene rings is 2. The number of H-pyrrole nitrogens is 1. The van der Waals surface area contributed by atoms with Gasteiger partial charge in [0.15, 0.2) is 23.0 Å². The van der Waals surface area contributed by atoms with Crippen molar-refractivity contribution in [1.82, 2.24) is 25.6 Å². The number of methoxy groups -OCH3 is 1. The van der Waals surface area contributed by atoms with Gasteiger partial charge >= 0.3 is 0 Å². The first-order valence-electron chi connectivity index (χ1n) is 11.8. The number of hydrogen-bond acceptors (Lipinski definition) is 7. The zero-order valence-electron chi connectivity index (χ0n) is 20.1. The van der Waals surface area contributed by atoms with Gasteiger partial charge in [0, 0.05) is 49.6 Å². The maximum atomic E-state index is 14.6. The van der Waals surface area contributed by atoms with Gasteiger partial charge in [0.25, 0.3) is 5.91 Å². The zero-order valence-corrected chi connectivity index (χ0v) is 20.1. The minimum atomic E-state index is -0.465. The third-order valence-corrected chi connectivity index (χ3v) is 6.47. The number of pyridine rings is 1. The van der Waals surface area contributed by atoms with Crippen LogP contribution >= 0.6 is 0 Å². The standard InChI is InChI=1S/C26H24FN7O3/c1-36-8-9-37-24-11-22-20(10-21(24)27)25(31-29-22)23-15-34(32-30-23)19-4-2-16(3-5-19)26(35)33-13-17-6-7-28-12-18(17)14-33/h2-7,10-12,15,30,32H,8-9,13-14H2,1H3,(H,29,31)/p+1. The molecule has 37 heavy (non-hydrogen) atoms. The van der Waals surface area contributed by atoms with Crippen LogP contribution in [0.3, 0.4) is 0 Å². The maximum absolute atomic E-state index is 14.6. The largest absolute Gasteiger partial charge is 0.488 e. The molecule has 0 atom stereocenters. The second kappa shape index (κ2) is 9.62. The number of anilines is 1. The van der Waals surface area contributed by atoms with Gasteiger partial charge in [-0.1, -0.05) is 5.53 Å². The number of amides is 1. The lowest BCUT2D eigenvalue weighted by Gasteiger charge is -2.17. The molecule has 2 aliphatic rings. The number of nitrogens with one attached hydrogen (secondary N) is 2. The van der Waals surface area contributed by atoms with Gasteiger partial charge in [-0.15, -0.1) is 0 Å². The number of ether oxygens (including phenoxy) is 2. The molecule has 2 aromatic carbocycles. The van der Waals surface area contributed by atoms with E-state index in [1.165, 1.54) is 6.07 Å². The van der Waals surface area contributed by atoms with E-state index < -0.39 is 5.82 Å². The fourth-order valence-corrected chi connectivity index (χ4v) is 4.53. The Hall–Kier alpha value is -4.32. The molecule has 4 N–H and O–H groups in total. The van der Waals surface area contributed by atoms with E-state index in [0.29, 0.717) is 41.9 Å². The molecule has 6 rings (SSSR count). The van der Waals surface area contributed by atoms with Gasteiger partial charge in [0.1, 0.15) is 6.61 Å². The first-order valence-corrected chi connectivity index (χ1v) is 11.8. The van der Waals surface area contributed by atoms with Crippen LogP contribution in [-0.2, 0) is 17.8 Å². The minimum Gasteiger partial charge on any atom is -0.488 e. The van der Waals surface area contributed by atoms with E-state index in [2.05, 4.69) is 20.7 Å². The molecule has 0 spiro atoms. The van der Waals surface area contributed by atoms with Crippen molar-refractivity contribution < 1.29 is 24.1 Å². The molecule has 4 heterocycles. The fourth-order valence-electron chi connectivity index (χ4n) is 4.53. The highest BCUT2D eigenvalue weighted by Gasteiger charge is 2.26. The van der Waals surface area contributed by atoms with Crippen LogP contribution in [0.2, 0.25) is 0 Å². The van der Waals surface area contributed by atoms with Crippen LogP contribution in [-0.4, -0.2) is 46.3 Å². The number of aromatic amines is 1. The number of carbonyl (C=O) groups excluding carboxylic acids is 1. The average Bonchev–Trinajstić information content (AvgIpc) is 3.66. The molecule has 10 nitrogen and oxygen atoms in total. The van der Waals surface area contributed by atoms with E-state index in [9.17, 15) is 9.18 Å². The summed E-state index contributed by atoms with van der Waals surface area (Å²) >= 11 is 0. The van der Waals surface area contributed by atoms with Crippen molar-refractivity contribution in [3.05, 3.63) is 89.3 Å². The number of halogens is 1. The van der Waals surface area contributed by atoms with Gasteiger partial charge < -0.3 is 14.4 Å². The lowest BCUT2D eigenvalue weighted by molar-refractivity contribution is -0.618. The smallest absolute Gasteiger partial charge is 0.254 e. The highest BCUT2D eigenvalue weighted by Crippen LogP contribution is 2.29. The van der Waals surface area contributed by atoms with Crippen LogP contribution < -0.4 is 20.7 Å². The number of rotatable bonds is 7. The summed E-state index contributed by atoms with van der Waals surface area (Å²) in [5, 5.41) is 9.80. The molecule has 4 aromatic rings. The molecule has 0 saturated heterocycles. The second-order valence-corrected chi connectivity index (χ2v) is 8.82. The van der Waals surface area contributed by atoms with Crippen LogP contribution in [0.25, 0.3) is 16.6 Å². The first-order chi connectivity index (χ1) is 18.1. The lowest BCUT2D eigenvalue weighted by atomic mass is 10.1. The number of hydrogen-bond donors (Lipinski definition) is 3. The Kier molecular flexibility index (Phi) is 6.01. The Morgan fingerprint density at radius 3 is 2.78 bits per heavy atom. The number of hydrazine groups is 1. The van der Waals surface area contributed by atoms with Crippen LogP contribution in [0.5, 0.6) is 5.75 Å². The first kappa shape index (κ1) is 23.1. The van der Waals surface area contributed by atoms with E-state index >= 15 is 0 Å². The van der Waals surface area contributed by atoms with Crippen LogP contribution in [0, 0.1) is 5.82 Å². The van der Waals surface area contributed by atoms with Crippen molar-refractivity contribution in [2.45, 2.75) is 13.1 Å². The van der Waals surface area contributed by atoms with Gasteiger partial charge in [-0.2, -0.15) is 5.10 Å². The van der Waals surface area contributed by atoms with Gasteiger partial charge in [0.05, 0.1) is 24.0 Å². The van der Waals surface area contributed by atoms with E-state index in [1.807, 2.05) is 52.6 Å². The van der Waals surface area contributed by atoms with E-state index in [1.54, 1.807) is 24.8 Å². The van der Waals surface area contributed by atoms with Crippen molar-refractivity contribution in [2.24, 2.45) is 0 Å². The monoisotopic (exact) mass is 502 g/mol. The third-order valence-electron chi connectivity index (χ3n) is 6.47. The Bertz CT molecular complexity index is 1480. The Labute approximate surface area is 211 Å². The molecule has 1 amide bonds. The summed E-state index contributed by atoms with van der Waals surface area (Å²) < 4.78 is 25.0. The van der Waals surface area contributed by atoms with Gasteiger partial charge in [-0.25, -0.2) is 14.8 Å². The Morgan fingerprint density at radius 1 is 1.14 bits per heavy atom. The summed E-state index contributed by atoms with van der Waals surface area (Å²) in [6.45, 7) is 1.78. The number of quaternary nitrogens is 1. The molecular formula is C26H25FN7O3+. The zero-order chi connectivity index (χ0) is 25.4. The summed E-state index contributed by atoms with van der Waals surface area (Å²) in [6.07, 6.45) is 5.44. The highest BCUT2D eigenvalue weighted by molar-refractivity contribution is 5.95. The molecular weight excluding hydrogens is 477 g/mol. The van der Waals surface area contributed by atoms with Crippen LogP contribution in [0.1, 0.15) is 27.2 Å². The summed E-state index contributed by atoms with van der Waals surface area (Å²) in [4.78, 5) is 19.0. The molecule has 188 valence electrons. The number of carbonyl (C=O) groups is 1. The summed E-state index contributed by atoms with van der Waals surface area (Å²) in [7, 11) is 1.56. The van der Waals surface area contributed by atoms with E-state index in [0.717, 1.165) is 22.5 Å². The van der Waals surface area contributed by atoms with Gasteiger partial charge in [-0.05, 0) is 47.5 Å². The molecule has 2 aliphatic heterocycles. The fraction of sp³-hybridized carbons (Fsp3) is 0.192. The molecule has 0 bridgehead atoms. The van der Waals surface area contributed by atoms with Gasteiger partial charge in [-0.3, -0.25) is 14.9 Å². The highest BCUT2D eigenvalue weighted by atomic mass is 19.1. The quantitative estimate of drug-likeness (QED) is 0.262. The summed E-state index contributed by atoms with van der Waals surface area (Å²) in [5.74, 6) is -0.337. The molecule has 0 aliphatic carbocycles. The van der Waals surface area contributed by atoms with Crippen LogP contribution in [0.4, 0.5) is 10.1 Å². The molecule has 0 unspecified atom stereocenters. The predicted octanol–water partition coefficient (Wildman–Crippen LogP) is 2.08. The van der Waals surface area contributed by atoms with Crippen molar-refractivity contribution in [2.75, 3.05) is 25.3 Å². The normalized spacial score (nSPS) is 14.8. The lowest BCUT2D eigenvalue weighted by Crippen LogP contribution is -2.90. The SMILES string of the molecule is COCCOc1cc2[nH]nc(C3=CN(c4ccc(C(=O)N5Cc6ccncc6C5)cc4)N[NH2+]3)c2cc1F. The Morgan fingerprint density at radius 2 is 1.97 bits per heavy atom. The summed E-state index contributed by atoms with van der Waals surface area (Å²) in [5.41, 5.74) is 10.7. The maximum Gasteiger partial charge on any atom is 0.254 e. The van der Waals surface area contributed by atoms with Crippen molar-refractivity contribution in [3.63, 3.8) is 0 Å². The van der Waals surface area contributed by atoms with Gasteiger partial charge in [0.2, 0.25) is 0 Å². The van der Waals surface area contributed by atoms with Crippen molar-refractivity contribution in [3.8, 4) is 5.75 Å². The minimum absolute atomic E-state index is 0.0180. The number of fused-ring (bicyclic) bond motifs is 2. The predicted molar refractivity (Wildman–Crippen MR) is 133 cm³/mol. The number of nitrogens with zero attached hydrogens (tertiary/aromatic N) is 4. The molecule has 11 heteroatoms. The molecule has 0 fully saturated rings. The topological polar surface area (TPSA) is 112 Å². The molecule has 0 radical (unpaired) electrons. The third kappa shape index (κ3) is 4.40. The number of nitrogens with two attached hydrogens (primary N) is 1. The Balaban J connectivity index is 1.17. The second-order valence-electron chi connectivity index (χ2n) is 8.82. The molecule has 2 aromatic heterocycles. The van der Waals surface area contributed by atoms with Crippen molar-refractivity contribution >= 4 is 28.2 Å². The van der Waals surface area contributed by atoms with Crippen LogP contribution in [0.15, 0.2) is 61.1 Å². The van der Waals surface area contributed by atoms with E-state index in [4.69, 9.17) is 9.47 Å². The van der Waals surface area contributed by atoms with Crippen molar-refractivity contribution in [1.29, 1.82) is 0 Å². The average molecular weight is 503 g/mol. The molecule has 0 saturated carbocycles. The summed E-state index contributed by atoms with van der Waals surface area (Å²) in [6, 6.07) is 12.4. The van der Waals surface area contributed by atoms with E-state index in [-0.39, 0.29) is 18.3 Å².